The van der Waals surface area contributed by atoms with Crippen LogP contribution in [-0.4, -0.2) is 71.0 Å². The van der Waals surface area contributed by atoms with Gasteiger partial charge in [-0.15, -0.1) is 0 Å². The lowest BCUT2D eigenvalue weighted by atomic mass is 9.70. The Labute approximate surface area is 223 Å². The first-order valence-electron chi connectivity index (χ1n) is 13.6. The highest BCUT2D eigenvalue weighted by molar-refractivity contribution is 5.87. The molecule has 38 heavy (non-hydrogen) atoms. The fourth-order valence-electron chi connectivity index (χ4n) is 7.24. The van der Waals surface area contributed by atoms with Gasteiger partial charge in [0.1, 0.15) is 23.9 Å². The molecule has 0 aromatic heterocycles. The Bertz CT molecular complexity index is 1150. The first kappa shape index (κ1) is 26.6. The molecule has 1 amide bonds. The molecule has 1 aliphatic carbocycles. The van der Waals surface area contributed by atoms with E-state index in [-0.39, 0.29) is 17.7 Å². The van der Waals surface area contributed by atoms with Crippen molar-refractivity contribution in [3.05, 3.63) is 53.1 Å². The van der Waals surface area contributed by atoms with Gasteiger partial charge in [-0.25, -0.2) is 9.59 Å². The van der Waals surface area contributed by atoms with Gasteiger partial charge in [0.15, 0.2) is 6.10 Å². The number of aliphatic hydroxyl groups excluding tert-OH is 1. The Kier molecular flexibility index (Phi) is 7.22. The Morgan fingerprint density at radius 3 is 2.50 bits per heavy atom. The predicted octanol–water partition coefficient (Wildman–Crippen LogP) is 3.43. The zero-order valence-corrected chi connectivity index (χ0v) is 22.4. The van der Waals surface area contributed by atoms with Crippen molar-refractivity contribution in [1.29, 1.82) is 0 Å². The molecule has 204 valence electrons. The van der Waals surface area contributed by atoms with E-state index in [1.165, 1.54) is 11.6 Å². The molecule has 5 unspecified atom stereocenters. The van der Waals surface area contributed by atoms with Crippen LogP contribution in [0.1, 0.15) is 58.4 Å². The lowest BCUT2D eigenvalue weighted by Gasteiger charge is -2.52. The highest BCUT2D eigenvalue weighted by Crippen LogP contribution is 2.62. The largest absolute Gasteiger partial charge is 0.457 e. The second-order valence-corrected chi connectivity index (χ2v) is 11.2. The van der Waals surface area contributed by atoms with Crippen LogP contribution in [0.15, 0.2) is 47.6 Å². The zero-order valence-electron chi connectivity index (χ0n) is 22.4. The minimum Gasteiger partial charge on any atom is -0.457 e. The van der Waals surface area contributed by atoms with Crippen LogP contribution in [0.4, 0.5) is 0 Å². The van der Waals surface area contributed by atoms with Gasteiger partial charge in [-0.3, -0.25) is 4.79 Å². The van der Waals surface area contributed by atoms with E-state index in [1.807, 2.05) is 42.2 Å². The van der Waals surface area contributed by atoms with Gasteiger partial charge in [0, 0.05) is 38.4 Å². The Morgan fingerprint density at radius 1 is 1.13 bits per heavy atom. The van der Waals surface area contributed by atoms with Crippen molar-refractivity contribution in [1.82, 2.24) is 4.90 Å². The number of benzene rings is 1. The molecule has 1 aromatic rings. The molecular formula is C30H37NO7. The number of allylic oxidation sites excluding steroid dienone is 1. The van der Waals surface area contributed by atoms with Gasteiger partial charge in [0.25, 0.3) is 0 Å². The summed E-state index contributed by atoms with van der Waals surface area (Å²) in [6.07, 6.45) is 5.42. The third-order valence-corrected chi connectivity index (χ3v) is 9.13. The smallest absolute Gasteiger partial charge is 0.332 e. The normalized spacial score (nSPS) is 32.9. The molecule has 1 aromatic carbocycles. The van der Waals surface area contributed by atoms with Crippen molar-refractivity contribution in [2.24, 2.45) is 11.8 Å². The van der Waals surface area contributed by atoms with E-state index in [2.05, 4.69) is 6.92 Å². The molecule has 3 saturated heterocycles. The summed E-state index contributed by atoms with van der Waals surface area (Å²) in [6, 6.07) is 9.57. The number of likely N-dealkylation sites (tertiary alicyclic amines) is 1. The fourth-order valence-corrected chi connectivity index (χ4v) is 7.24. The minimum absolute atomic E-state index is 0.00648. The number of rotatable bonds is 6. The Balaban J connectivity index is 1.51. The van der Waals surface area contributed by atoms with E-state index < -0.39 is 42.0 Å². The van der Waals surface area contributed by atoms with E-state index in [0.717, 1.165) is 24.0 Å². The third kappa shape index (κ3) is 4.58. The van der Waals surface area contributed by atoms with Crippen LogP contribution >= 0.6 is 0 Å². The maximum absolute atomic E-state index is 13.2. The molecule has 8 heteroatoms. The fraction of sp³-hybridized carbons (Fsp3) is 0.567. The first-order valence-corrected chi connectivity index (χ1v) is 13.6. The highest BCUT2D eigenvalue weighted by atomic mass is 16.6. The van der Waals surface area contributed by atoms with Crippen LogP contribution in [0.3, 0.4) is 0 Å². The summed E-state index contributed by atoms with van der Waals surface area (Å²) in [5, 5.41) is 9.43. The number of amides is 1. The van der Waals surface area contributed by atoms with Crippen LogP contribution in [-0.2, 0) is 28.6 Å². The number of hydrogen-bond donors (Lipinski definition) is 1. The number of hydrogen-bond acceptors (Lipinski definition) is 7. The van der Waals surface area contributed by atoms with Crippen molar-refractivity contribution in [2.45, 2.75) is 76.3 Å². The molecule has 3 heterocycles. The number of carbonyl (C=O) groups is 3. The van der Waals surface area contributed by atoms with Gasteiger partial charge in [-0.05, 0) is 62.7 Å². The number of piperidine rings is 1. The number of nitrogens with zero attached hydrogens (tertiary/aromatic N) is 1. The summed E-state index contributed by atoms with van der Waals surface area (Å²) in [6.45, 7) is 6.15. The number of ether oxygens (including phenoxy) is 3. The second kappa shape index (κ2) is 10.3. The maximum Gasteiger partial charge on any atom is 0.332 e. The van der Waals surface area contributed by atoms with Crippen LogP contribution in [0, 0.1) is 11.8 Å². The van der Waals surface area contributed by atoms with Gasteiger partial charge < -0.3 is 24.2 Å². The lowest BCUT2D eigenvalue weighted by molar-refractivity contribution is -0.230. The van der Waals surface area contributed by atoms with Gasteiger partial charge >= 0.3 is 11.9 Å². The van der Waals surface area contributed by atoms with E-state index in [0.29, 0.717) is 32.4 Å². The quantitative estimate of drug-likeness (QED) is 0.346. The number of carbonyl (C=O) groups excluding carboxylic acids is 3. The van der Waals surface area contributed by atoms with Gasteiger partial charge in [-0.1, -0.05) is 35.9 Å². The van der Waals surface area contributed by atoms with Crippen molar-refractivity contribution in [3.63, 3.8) is 0 Å². The molecule has 5 rings (SSSR count). The summed E-state index contributed by atoms with van der Waals surface area (Å²) in [5.41, 5.74) is 1.48. The maximum atomic E-state index is 13.2. The molecule has 2 bridgehead atoms. The molecular weight excluding hydrogens is 486 g/mol. The van der Waals surface area contributed by atoms with E-state index >= 15 is 0 Å². The van der Waals surface area contributed by atoms with Crippen LogP contribution in [0.5, 0.6) is 0 Å². The molecule has 3 aliphatic heterocycles. The summed E-state index contributed by atoms with van der Waals surface area (Å²) < 4.78 is 19.1. The molecule has 0 radical (unpaired) electrons. The van der Waals surface area contributed by atoms with Crippen molar-refractivity contribution < 1.29 is 33.7 Å². The van der Waals surface area contributed by atoms with Crippen LogP contribution < -0.4 is 0 Å². The SMILES string of the molecule is CC(=O)N1CCC(C23CC(OC(=O)CO)C(C)(O2)C2CCC(C)=C2C3OC(=O)/C=C/c2ccccc2)CC1. The van der Waals surface area contributed by atoms with Gasteiger partial charge in [0.05, 0.1) is 0 Å². The molecule has 5 atom stereocenters. The molecule has 8 nitrogen and oxygen atoms in total. The topological polar surface area (TPSA) is 102 Å². The standard InChI is InChI=1S/C30H37NO7/c1-19-9-11-23-27(19)28(37-25(34)12-10-21-7-5-4-6-8-21)30(22-13-15-31(16-14-22)20(2)33)17-24(29(23,3)38-30)36-26(35)18-32/h4-8,10,12,22-24,28,32H,9,11,13-18H2,1-3H3/b12-10+. The van der Waals surface area contributed by atoms with E-state index in [4.69, 9.17) is 14.2 Å². The second-order valence-electron chi connectivity index (χ2n) is 11.2. The number of esters is 2. The number of aliphatic hydroxyl groups is 1. The summed E-state index contributed by atoms with van der Waals surface area (Å²) in [5.74, 6) is -1.17. The highest BCUT2D eigenvalue weighted by Gasteiger charge is 2.71. The van der Waals surface area contributed by atoms with Crippen molar-refractivity contribution in [3.8, 4) is 0 Å². The minimum atomic E-state index is -0.897. The van der Waals surface area contributed by atoms with Crippen molar-refractivity contribution in [2.75, 3.05) is 19.7 Å². The lowest BCUT2D eigenvalue weighted by Crippen LogP contribution is -2.61. The van der Waals surface area contributed by atoms with Crippen LogP contribution in [0.2, 0.25) is 0 Å². The zero-order chi connectivity index (χ0) is 27.1. The third-order valence-electron chi connectivity index (χ3n) is 9.13. The molecule has 3 fully saturated rings. The molecule has 0 spiro atoms. The van der Waals surface area contributed by atoms with Gasteiger partial charge in [0.2, 0.25) is 5.91 Å². The summed E-state index contributed by atoms with van der Waals surface area (Å²) in [7, 11) is 0. The van der Waals surface area contributed by atoms with Crippen molar-refractivity contribution >= 4 is 23.9 Å². The molecule has 0 saturated carbocycles. The van der Waals surface area contributed by atoms with Crippen LogP contribution in [0.25, 0.3) is 6.08 Å². The van der Waals surface area contributed by atoms with E-state index in [9.17, 15) is 19.5 Å². The Hall–Kier alpha value is -2.97. The molecule has 4 aliphatic rings. The Morgan fingerprint density at radius 2 is 1.84 bits per heavy atom. The summed E-state index contributed by atoms with van der Waals surface area (Å²) in [4.78, 5) is 39.4. The van der Waals surface area contributed by atoms with Gasteiger partial charge in [-0.2, -0.15) is 0 Å². The number of fused-ring (bicyclic) bond motifs is 4. The average molecular weight is 524 g/mol. The summed E-state index contributed by atoms with van der Waals surface area (Å²) >= 11 is 0. The predicted molar refractivity (Wildman–Crippen MR) is 140 cm³/mol. The molecule has 1 N–H and O–H groups in total. The monoisotopic (exact) mass is 523 g/mol. The van der Waals surface area contributed by atoms with E-state index in [1.54, 1.807) is 13.0 Å². The first-order chi connectivity index (χ1) is 18.2. The average Bonchev–Trinajstić information content (AvgIpc) is 3.43.